The lowest BCUT2D eigenvalue weighted by molar-refractivity contribution is -0.194. The van der Waals surface area contributed by atoms with Gasteiger partial charge in [0, 0.05) is 31.0 Å². The zero-order chi connectivity index (χ0) is 18.6. The highest BCUT2D eigenvalue weighted by molar-refractivity contribution is 6.30. The van der Waals surface area contributed by atoms with Crippen LogP contribution in [0.2, 0.25) is 5.02 Å². The van der Waals surface area contributed by atoms with Gasteiger partial charge in [0.15, 0.2) is 5.60 Å². The number of amides is 1. The maximum absolute atomic E-state index is 12.8. The summed E-state index contributed by atoms with van der Waals surface area (Å²) in [6, 6.07) is 7.09. The van der Waals surface area contributed by atoms with Gasteiger partial charge in [0.1, 0.15) is 6.10 Å². The number of rotatable bonds is 6. The Balaban J connectivity index is 2.24. The van der Waals surface area contributed by atoms with Gasteiger partial charge in [0.25, 0.3) is 5.91 Å². The van der Waals surface area contributed by atoms with Crippen molar-refractivity contribution in [3.63, 3.8) is 0 Å². The maximum atomic E-state index is 12.8. The van der Waals surface area contributed by atoms with Crippen LogP contribution in [0.3, 0.4) is 0 Å². The van der Waals surface area contributed by atoms with E-state index in [-0.39, 0.29) is 31.4 Å². The number of aliphatic hydroxyl groups excluding tert-OH is 2. The molecule has 0 unspecified atom stereocenters. The highest BCUT2D eigenvalue weighted by atomic mass is 35.5. The molecular weight excluding hydrogens is 346 g/mol. The van der Waals surface area contributed by atoms with Crippen LogP contribution in [0.1, 0.15) is 32.3 Å². The largest absolute Gasteiger partial charge is 0.390 e. The van der Waals surface area contributed by atoms with Crippen molar-refractivity contribution in [2.45, 2.75) is 63.3 Å². The minimum Gasteiger partial charge on any atom is -0.390 e. The van der Waals surface area contributed by atoms with Gasteiger partial charge in [0.2, 0.25) is 0 Å². The molecule has 1 aliphatic rings. The normalized spacial score (nSPS) is 29.6. The molecule has 140 valence electrons. The van der Waals surface area contributed by atoms with Gasteiger partial charge < -0.3 is 25.0 Å². The number of hydrogen-bond acceptors (Lipinski definition) is 5. The van der Waals surface area contributed by atoms with Crippen molar-refractivity contribution < 1.29 is 24.5 Å². The Hall–Kier alpha value is -1.18. The van der Waals surface area contributed by atoms with Gasteiger partial charge >= 0.3 is 0 Å². The van der Waals surface area contributed by atoms with E-state index in [1.165, 1.54) is 7.11 Å². The molecule has 0 aliphatic heterocycles. The fraction of sp³-hybridized carbons (Fsp3) is 0.611. The van der Waals surface area contributed by atoms with E-state index in [0.29, 0.717) is 5.02 Å². The van der Waals surface area contributed by atoms with Crippen LogP contribution in [0.5, 0.6) is 0 Å². The van der Waals surface area contributed by atoms with E-state index in [9.17, 15) is 15.0 Å². The van der Waals surface area contributed by atoms with Crippen LogP contribution in [-0.2, 0) is 20.9 Å². The summed E-state index contributed by atoms with van der Waals surface area (Å²) in [6.45, 7) is 3.86. The number of halogens is 1. The summed E-state index contributed by atoms with van der Waals surface area (Å²) in [5.41, 5.74) is -0.467. The first-order valence-corrected chi connectivity index (χ1v) is 8.73. The molecule has 4 atom stereocenters. The SMILES string of the molecule is CO[C@H]1C[C@](OCc2cccc(Cl)c2)(C(=O)NC(C)C)C[C@@H](O)[C@H]1O. The Morgan fingerprint density at radius 2 is 2.12 bits per heavy atom. The number of benzene rings is 1. The van der Waals surface area contributed by atoms with E-state index < -0.39 is 23.9 Å². The van der Waals surface area contributed by atoms with Crippen LogP contribution in [0.4, 0.5) is 0 Å². The molecule has 0 heterocycles. The lowest BCUT2D eigenvalue weighted by Crippen LogP contribution is -2.61. The molecule has 0 aromatic heterocycles. The van der Waals surface area contributed by atoms with Gasteiger partial charge in [0.05, 0.1) is 18.8 Å². The molecule has 1 aromatic rings. The molecule has 0 saturated heterocycles. The van der Waals surface area contributed by atoms with E-state index in [1.807, 2.05) is 19.9 Å². The van der Waals surface area contributed by atoms with E-state index in [2.05, 4.69) is 5.32 Å². The van der Waals surface area contributed by atoms with Crippen LogP contribution in [0.25, 0.3) is 0 Å². The van der Waals surface area contributed by atoms with Gasteiger partial charge in [-0.15, -0.1) is 0 Å². The zero-order valence-corrected chi connectivity index (χ0v) is 15.5. The molecule has 1 amide bonds. The van der Waals surface area contributed by atoms with E-state index >= 15 is 0 Å². The number of methoxy groups -OCH3 is 1. The second-order valence-corrected chi connectivity index (χ2v) is 7.22. The molecule has 0 radical (unpaired) electrons. The first-order chi connectivity index (χ1) is 11.8. The summed E-state index contributed by atoms with van der Waals surface area (Å²) >= 11 is 5.99. The van der Waals surface area contributed by atoms with Crippen molar-refractivity contribution in [1.29, 1.82) is 0 Å². The van der Waals surface area contributed by atoms with Crippen LogP contribution in [0, 0.1) is 0 Å². The molecule has 0 bridgehead atoms. The summed E-state index contributed by atoms with van der Waals surface area (Å²) in [5, 5.41) is 23.7. The third-order valence-electron chi connectivity index (χ3n) is 4.39. The maximum Gasteiger partial charge on any atom is 0.252 e. The fourth-order valence-electron chi connectivity index (χ4n) is 3.07. The summed E-state index contributed by atoms with van der Waals surface area (Å²) in [6.07, 6.45) is -2.72. The molecule has 1 saturated carbocycles. The van der Waals surface area contributed by atoms with Crippen molar-refractivity contribution in [3.8, 4) is 0 Å². The summed E-state index contributed by atoms with van der Waals surface area (Å²) in [4.78, 5) is 12.8. The fourth-order valence-corrected chi connectivity index (χ4v) is 3.28. The van der Waals surface area contributed by atoms with Gasteiger partial charge in [-0.1, -0.05) is 23.7 Å². The third kappa shape index (κ3) is 4.92. The van der Waals surface area contributed by atoms with Gasteiger partial charge in [-0.05, 0) is 31.5 Å². The average molecular weight is 372 g/mol. The highest BCUT2D eigenvalue weighted by Gasteiger charge is 2.51. The summed E-state index contributed by atoms with van der Waals surface area (Å²) in [7, 11) is 1.44. The molecule has 2 rings (SSSR count). The second kappa shape index (κ2) is 8.47. The molecule has 1 aromatic carbocycles. The van der Waals surface area contributed by atoms with Crippen LogP contribution in [0.15, 0.2) is 24.3 Å². The zero-order valence-electron chi connectivity index (χ0n) is 14.7. The van der Waals surface area contributed by atoms with Crippen molar-refractivity contribution in [3.05, 3.63) is 34.9 Å². The predicted molar refractivity (Wildman–Crippen MR) is 94.3 cm³/mol. The molecular formula is C18H26ClNO5. The van der Waals surface area contributed by atoms with Gasteiger partial charge in [-0.25, -0.2) is 0 Å². The van der Waals surface area contributed by atoms with Gasteiger partial charge in [-0.2, -0.15) is 0 Å². The summed E-state index contributed by atoms with van der Waals surface area (Å²) < 4.78 is 11.3. The minimum atomic E-state index is -1.29. The molecule has 1 aliphatic carbocycles. The number of nitrogens with one attached hydrogen (secondary N) is 1. The molecule has 25 heavy (non-hydrogen) atoms. The number of aliphatic hydroxyl groups is 2. The molecule has 6 nitrogen and oxygen atoms in total. The van der Waals surface area contributed by atoms with Crippen molar-refractivity contribution in [2.24, 2.45) is 0 Å². The van der Waals surface area contributed by atoms with Crippen molar-refractivity contribution in [2.75, 3.05) is 7.11 Å². The monoisotopic (exact) mass is 371 g/mol. The van der Waals surface area contributed by atoms with Gasteiger partial charge in [-0.3, -0.25) is 4.79 Å². The Morgan fingerprint density at radius 1 is 1.40 bits per heavy atom. The number of hydrogen-bond donors (Lipinski definition) is 3. The van der Waals surface area contributed by atoms with Crippen molar-refractivity contribution >= 4 is 17.5 Å². The lowest BCUT2D eigenvalue weighted by atomic mass is 9.78. The number of carbonyl (C=O) groups is 1. The Labute approximate surface area is 153 Å². The first kappa shape index (κ1) is 20.1. The number of carbonyl (C=O) groups excluding carboxylic acids is 1. The second-order valence-electron chi connectivity index (χ2n) is 6.78. The first-order valence-electron chi connectivity index (χ1n) is 8.35. The average Bonchev–Trinajstić information content (AvgIpc) is 2.55. The quantitative estimate of drug-likeness (QED) is 0.707. The minimum absolute atomic E-state index is 0.00680. The van der Waals surface area contributed by atoms with Crippen LogP contribution >= 0.6 is 11.6 Å². The topological polar surface area (TPSA) is 88.0 Å². The molecule has 3 N–H and O–H groups in total. The Bertz CT molecular complexity index is 597. The smallest absolute Gasteiger partial charge is 0.252 e. The van der Waals surface area contributed by atoms with Crippen LogP contribution in [-0.4, -0.2) is 53.2 Å². The Morgan fingerprint density at radius 3 is 2.72 bits per heavy atom. The summed E-state index contributed by atoms with van der Waals surface area (Å²) in [5.74, 6) is -0.322. The lowest BCUT2D eigenvalue weighted by Gasteiger charge is -2.43. The third-order valence-corrected chi connectivity index (χ3v) is 4.62. The van der Waals surface area contributed by atoms with E-state index in [4.69, 9.17) is 21.1 Å². The standard InChI is InChI=1S/C18H26ClNO5/c1-11(2)20-17(23)18(8-14(21)16(22)15(9-18)24-3)25-10-12-5-4-6-13(19)7-12/h4-7,11,14-16,21-22H,8-10H2,1-3H3,(H,20,23)/t14-,15+,16-,18+/m1/s1. The molecule has 1 fully saturated rings. The number of ether oxygens (including phenoxy) is 2. The molecule has 7 heteroatoms. The van der Waals surface area contributed by atoms with E-state index in [0.717, 1.165) is 5.56 Å². The van der Waals surface area contributed by atoms with Crippen molar-refractivity contribution in [1.82, 2.24) is 5.32 Å². The predicted octanol–water partition coefficient (Wildman–Crippen LogP) is 1.65. The highest BCUT2D eigenvalue weighted by Crippen LogP contribution is 2.35. The Kier molecular flexibility index (Phi) is 6.82. The molecule has 0 spiro atoms. The van der Waals surface area contributed by atoms with Crippen LogP contribution < -0.4 is 5.32 Å². The van der Waals surface area contributed by atoms with E-state index in [1.54, 1.807) is 18.2 Å².